The lowest BCUT2D eigenvalue weighted by atomic mass is 10.1. The van der Waals surface area contributed by atoms with E-state index in [0.29, 0.717) is 18.7 Å². The van der Waals surface area contributed by atoms with Gasteiger partial charge in [-0.3, -0.25) is 0 Å². The summed E-state index contributed by atoms with van der Waals surface area (Å²) in [6.07, 6.45) is 0. The van der Waals surface area contributed by atoms with E-state index in [1.54, 1.807) is 19.1 Å². The quantitative estimate of drug-likeness (QED) is 0.769. The summed E-state index contributed by atoms with van der Waals surface area (Å²) >= 11 is 0. The fraction of sp³-hybridized carbons (Fsp3) is 0.417. The lowest BCUT2D eigenvalue weighted by Gasteiger charge is -2.05. The fourth-order valence-electron chi connectivity index (χ4n) is 1.36. The molecule has 1 N–H and O–H groups in total. The molecule has 17 heavy (non-hydrogen) atoms. The molecule has 0 radical (unpaired) electrons. The minimum Gasteiger partial charge on any atom is -0.312 e. The maximum absolute atomic E-state index is 11.2. The van der Waals surface area contributed by atoms with Gasteiger partial charge < -0.3 is 5.32 Å². The highest BCUT2D eigenvalue weighted by Crippen LogP contribution is 2.03. The summed E-state index contributed by atoms with van der Waals surface area (Å²) in [6.45, 7) is 2.66. The van der Waals surface area contributed by atoms with Crippen LogP contribution < -0.4 is 5.32 Å². The molecule has 0 saturated carbocycles. The SMILES string of the molecule is CCS(=O)(=O)CCNCc1cccc(C#N)c1. The normalized spacial score (nSPS) is 11.1. The molecule has 0 fully saturated rings. The van der Waals surface area contributed by atoms with E-state index in [1.165, 1.54) is 0 Å². The van der Waals surface area contributed by atoms with Crippen LogP contribution in [0.3, 0.4) is 0 Å². The van der Waals surface area contributed by atoms with Gasteiger partial charge in [0.25, 0.3) is 0 Å². The number of benzene rings is 1. The highest BCUT2D eigenvalue weighted by molar-refractivity contribution is 7.91. The molecule has 4 nitrogen and oxygen atoms in total. The van der Waals surface area contributed by atoms with E-state index in [2.05, 4.69) is 11.4 Å². The van der Waals surface area contributed by atoms with Crippen LogP contribution in [0.15, 0.2) is 24.3 Å². The third-order valence-corrected chi connectivity index (χ3v) is 4.12. The van der Waals surface area contributed by atoms with Gasteiger partial charge in [-0.1, -0.05) is 19.1 Å². The molecular weight excluding hydrogens is 236 g/mol. The molecule has 0 spiro atoms. The molecule has 1 rings (SSSR count). The molecule has 1 aromatic carbocycles. The van der Waals surface area contributed by atoms with Crippen molar-refractivity contribution in [3.8, 4) is 6.07 Å². The van der Waals surface area contributed by atoms with E-state index in [4.69, 9.17) is 5.26 Å². The number of rotatable bonds is 6. The van der Waals surface area contributed by atoms with E-state index in [9.17, 15) is 8.42 Å². The Morgan fingerprint density at radius 2 is 2.18 bits per heavy atom. The molecule has 1 aromatic rings. The Kier molecular flexibility index (Phi) is 5.13. The maximum Gasteiger partial charge on any atom is 0.151 e. The predicted octanol–water partition coefficient (Wildman–Crippen LogP) is 1.08. The summed E-state index contributed by atoms with van der Waals surface area (Å²) in [5.74, 6) is 0.333. The van der Waals surface area contributed by atoms with Gasteiger partial charge in [0.05, 0.1) is 17.4 Å². The summed E-state index contributed by atoms with van der Waals surface area (Å²) in [7, 11) is -2.90. The number of nitrogens with zero attached hydrogens (tertiary/aromatic N) is 1. The van der Waals surface area contributed by atoms with Crippen molar-refractivity contribution >= 4 is 9.84 Å². The first kappa shape index (κ1) is 13.7. The van der Waals surface area contributed by atoms with Crippen molar-refractivity contribution in [2.75, 3.05) is 18.1 Å². The first-order valence-corrected chi connectivity index (χ1v) is 7.29. The first-order chi connectivity index (χ1) is 8.07. The average Bonchev–Trinajstić information content (AvgIpc) is 2.35. The van der Waals surface area contributed by atoms with Gasteiger partial charge in [-0.25, -0.2) is 8.42 Å². The second kappa shape index (κ2) is 6.38. The minimum atomic E-state index is -2.90. The van der Waals surface area contributed by atoms with Crippen molar-refractivity contribution in [2.24, 2.45) is 0 Å². The van der Waals surface area contributed by atoms with Crippen LogP contribution in [0.4, 0.5) is 0 Å². The molecule has 92 valence electrons. The topological polar surface area (TPSA) is 70.0 Å². The van der Waals surface area contributed by atoms with E-state index >= 15 is 0 Å². The van der Waals surface area contributed by atoms with Crippen LogP contribution in [0, 0.1) is 11.3 Å². The number of hydrogen-bond donors (Lipinski definition) is 1. The molecule has 0 aliphatic carbocycles. The standard InChI is InChI=1S/C12H16N2O2S/c1-2-17(15,16)7-6-14-10-12-5-3-4-11(8-12)9-13/h3-5,8,14H,2,6-7,10H2,1H3. The summed E-state index contributed by atoms with van der Waals surface area (Å²) in [6, 6.07) is 9.32. The molecule has 0 amide bonds. The van der Waals surface area contributed by atoms with Gasteiger partial charge in [0.2, 0.25) is 0 Å². The van der Waals surface area contributed by atoms with Crippen LogP contribution in [0.5, 0.6) is 0 Å². The smallest absolute Gasteiger partial charge is 0.151 e. The van der Waals surface area contributed by atoms with Crippen molar-refractivity contribution in [3.63, 3.8) is 0 Å². The number of nitrogens with one attached hydrogen (secondary N) is 1. The highest BCUT2D eigenvalue weighted by atomic mass is 32.2. The number of sulfone groups is 1. The molecule has 0 aliphatic heterocycles. The van der Waals surface area contributed by atoms with E-state index in [1.807, 2.05) is 12.1 Å². The van der Waals surface area contributed by atoms with Gasteiger partial charge in [0.15, 0.2) is 9.84 Å². The molecule has 0 saturated heterocycles. The fourth-order valence-corrected chi connectivity index (χ4v) is 2.10. The molecular formula is C12H16N2O2S. The molecule has 0 heterocycles. The van der Waals surface area contributed by atoms with E-state index in [-0.39, 0.29) is 11.5 Å². The van der Waals surface area contributed by atoms with Crippen LogP contribution in [0.25, 0.3) is 0 Å². The highest BCUT2D eigenvalue weighted by Gasteiger charge is 2.05. The predicted molar refractivity (Wildman–Crippen MR) is 67.2 cm³/mol. The van der Waals surface area contributed by atoms with E-state index in [0.717, 1.165) is 5.56 Å². The van der Waals surface area contributed by atoms with Gasteiger partial charge in [-0.15, -0.1) is 0 Å². The average molecular weight is 252 g/mol. The van der Waals surface area contributed by atoms with Crippen molar-refractivity contribution in [1.82, 2.24) is 5.32 Å². The monoisotopic (exact) mass is 252 g/mol. The van der Waals surface area contributed by atoms with Crippen LogP contribution in [-0.2, 0) is 16.4 Å². The Hall–Kier alpha value is -1.38. The van der Waals surface area contributed by atoms with Crippen molar-refractivity contribution in [3.05, 3.63) is 35.4 Å². The molecule has 0 atom stereocenters. The summed E-state index contributed by atoms with van der Waals surface area (Å²) in [5.41, 5.74) is 1.60. The van der Waals surface area contributed by atoms with Gasteiger partial charge in [0.1, 0.15) is 0 Å². The minimum absolute atomic E-state index is 0.154. The maximum atomic E-state index is 11.2. The van der Waals surface area contributed by atoms with Gasteiger partial charge >= 0.3 is 0 Å². The molecule has 0 unspecified atom stereocenters. The Labute approximate surface area is 102 Å². The largest absolute Gasteiger partial charge is 0.312 e. The zero-order chi connectivity index (χ0) is 12.7. The van der Waals surface area contributed by atoms with Crippen LogP contribution in [0.2, 0.25) is 0 Å². The Bertz CT molecular complexity index is 503. The Morgan fingerprint density at radius 1 is 1.41 bits per heavy atom. The van der Waals surface area contributed by atoms with Gasteiger partial charge in [-0.05, 0) is 17.7 Å². The van der Waals surface area contributed by atoms with Crippen LogP contribution >= 0.6 is 0 Å². The number of nitriles is 1. The van der Waals surface area contributed by atoms with Crippen molar-refractivity contribution < 1.29 is 8.42 Å². The van der Waals surface area contributed by atoms with Gasteiger partial charge in [-0.2, -0.15) is 5.26 Å². The third-order valence-electron chi connectivity index (χ3n) is 2.41. The van der Waals surface area contributed by atoms with Crippen LogP contribution in [-0.4, -0.2) is 26.5 Å². The zero-order valence-corrected chi connectivity index (χ0v) is 10.6. The van der Waals surface area contributed by atoms with Crippen molar-refractivity contribution in [2.45, 2.75) is 13.5 Å². The van der Waals surface area contributed by atoms with E-state index < -0.39 is 9.84 Å². The second-order valence-electron chi connectivity index (χ2n) is 3.73. The molecule has 0 bridgehead atoms. The zero-order valence-electron chi connectivity index (χ0n) is 9.81. The summed E-state index contributed by atoms with van der Waals surface area (Å²) in [4.78, 5) is 0. The Morgan fingerprint density at radius 3 is 2.82 bits per heavy atom. The number of hydrogen-bond acceptors (Lipinski definition) is 4. The molecule has 0 aliphatic rings. The second-order valence-corrected chi connectivity index (χ2v) is 6.20. The van der Waals surface area contributed by atoms with Gasteiger partial charge in [0, 0.05) is 18.8 Å². The lowest BCUT2D eigenvalue weighted by Crippen LogP contribution is -2.23. The molecule has 0 aromatic heterocycles. The summed E-state index contributed by atoms with van der Waals surface area (Å²) in [5, 5.41) is 11.8. The lowest BCUT2D eigenvalue weighted by molar-refractivity contribution is 0.592. The summed E-state index contributed by atoms with van der Waals surface area (Å²) < 4.78 is 22.5. The van der Waals surface area contributed by atoms with Crippen molar-refractivity contribution in [1.29, 1.82) is 5.26 Å². The first-order valence-electron chi connectivity index (χ1n) is 5.47. The Balaban J connectivity index is 2.39. The van der Waals surface area contributed by atoms with Crippen LogP contribution in [0.1, 0.15) is 18.1 Å². The third kappa shape index (κ3) is 4.98. The molecule has 5 heteroatoms.